The molecule has 0 bridgehead atoms. The molecule has 2 rings (SSSR count). The number of carbonyl (C=O) groups excluding carboxylic acids is 3. The van der Waals surface area contributed by atoms with Crippen molar-refractivity contribution in [1.29, 1.82) is 0 Å². The normalized spacial score (nSPS) is 16.2. The lowest BCUT2D eigenvalue weighted by Gasteiger charge is -2.30. The van der Waals surface area contributed by atoms with Gasteiger partial charge in [0.2, 0.25) is 11.8 Å². The minimum Gasteiger partial charge on any atom is -0.444 e. The topological polar surface area (TPSA) is 75.7 Å². The summed E-state index contributed by atoms with van der Waals surface area (Å²) in [5.74, 6) is -0.817. The summed E-state index contributed by atoms with van der Waals surface area (Å²) in [6, 6.07) is 6.13. The zero-order valence-electron chi connectivity index (χ0n) is 16.5. The third-order valence-electron chi connectivity index (χ3n) is 4.58. The van der Waals surface area contributed by atoms with Crippen molar-refractivity contribution >= 4 is 29.5 Å². The minimum atomic E-state index is -0.882. The number of rotatable bonds is 5. The molecular weight excluding hydrogens is 368 g/mol. The summed E-state index contributed by atoms with van der Waals surface area (Å²) in [6.45, 7) is 7.08. The van der Waals surface area contributed by atoms with Crippen LogP contribution in [0, 0.1) is 5.41 Å². The van der Waals surface area contributed by atoms with Crippen LogP contribution in [0.1, 0.15) is 46.1 Å². The number of benzene rings is 1. The Bertz CT molecular complexity index is 720. The van der Waals surface area contributed by atoms with Gasteiger partial charge in [0.1, 0.15) is 11.6 Å². The molecule has 0 heterocycles. The molecular formula is C20H27ClN2O4. The molecule has 0 spiro atoms. The fourth-order valence-electron chi connectivity index (χ4n) is 2.47. The lowest BCUT2D eigenvalue weighted by atomic mass is 10.0. The zero-order valence-corrected chi connectivity index (χ0v) is 17.2. The Morgan fingerprint density at radius 2 is 1.78 bits per heavy atom. The molecule has 1 atom stereocenters. The minimum absolute atomic E-state index is 0.239. The van der Waals surface area contributed by atoms with E-state index in [2.05, 4.69) is 5.32 Å². The first-order valence-electron chi connectivity index (χ1n) is 8.97. The van der Waals surface area contributed by atoms with Gasteiger partial charge in [0.05, 0.1) is 0 Å². The molecule has 6 nitrogen and oxygen atoms in total. The van der Waals surface area contributed by atoms with Gasteiger partial charge in [0.15, 0.2) is 0 Å². The van der Waals surface area contributed by atoms with E-state index in [-0.39, 0.29) is 12.3 Å². The van der Waals surface area contributed by atoms with E-state index >= 15 is 0 Å². The van der Waals surface area contributed by atoms with Crippen molar-refractivity contribution in [2.45, 2.75) is 58.6 Å². The van der Waals surface area contributed by atoms with Crippen LogP contribution in [0.5, 0.6) is 0 Å². The predicted octanol–water partition coefficient (Wildman–Crippen LogP) is 3.56. The van der Waals surface area contributed by atoms with Gasteiger partial charge in [0, 0.05) is 23.9 Å². The Morgan fingerprint density at radius 1 is 1.22 bits per heavy atom. The number of carbonyl (C=O) groups is 3. The first-order valence-corrected chi connectivity index (χ1v) is 9.35. The van der Waals surface area contributed by atoms with Crippen LogP contribution in [0.15, 0.2) is 24.3 Å². The van der Waals surface area contributed by atoms with Gasteiger partial charge >= 0.3 is 6.09 Å². The molecule has 1 aliphatic rings. The van der Waals surface area contributed by atoms with Crippen molar-refractivity contribution in [2.24, 2.45) is 5.41 Å². The summed E-state index contributed by atoms with van der Waals surface area (Å²) in [7, 11) is 1.50. The first-order chi connectivity index (χ1) is 12.4. The van der Waals surface area contributed by atoms with Crippen molar-refractivity contribution in [3.63, 3.8) is 0 Å². The number of hydrogen-bond acceptors (Lipinski definition) is 4. The van der Waals surface area contributed by atoms with E-state index in [4.69, 9.17) is 16.3 Å². The SMILES string of the molecule is CN(C(=O)OC(C)(C)C)[C@H](Cc1ccc(Cl)cc1)C(=O)NC(=O)C1(C)CC1. The highest BCUT2D eigenvalue weighted by atomic mass is 35.5. The number of hydrogen-bond donors (Lipinski definition) is 1. The molecule has 1 N–H and O–H groups in total. The molecule has 7 heteroatoms. The van der Waals surface area contributed by atoms with Crippen LogP contribution in [0.2, 0.25) is 5.02 Å². The maximum Gasteiger partial charge on any atom is 0.410 e. The van der Waals surface area contributed by atoms with Gasteiger partial charge in [-0.25, -0.2) is 4.79 Å². The maximum atomic E-state index is 12.8. The third-order valence-corrected chi connectivity index (χ3v) is 4.83. The van der Waals surface area contributed by atoms with E-state index < -0.39 is 29.1 Å². The van der Waals surface area contributed by atoms with Crippen LogP contribution < -0.4 is 5.32 Å². The molecule has 0 saturated heterocycles. The Kier molecular flexibility index (Phi) is 6.20. The molecule has 0 aromatic heterocycles. The van der Waals surface area contributed by atoms with Gasteiger partial charge in [-0.1, -0.05) is 30.7 Å². The molecule has 0 radical (unpaired) electrons. The number of nitrogens with one attached hydrogen (secondary N) is 1. The Balaban J connectivity index is 2.18. The van der Waals surface area contributed by atoms with Gasteiger partial charge in [-0.15, -0.1) is 0 Å². The molecule has 1 aliphatic carbocycles. The van der Waals surface area contributed by atoms with Crippen LogP contribution in [0.25, 0.3) is 0 Å². The predicted molar refractivity (Wildman–Crippen MR) is 103 cm³/mol. The standard InChI is InChI=1S/C20H27ClN2O4/c1-19(2,3)27-18(26)23(5)15(12-13-6-8-14(21)9-7-13)16(24)22-17(25)20(4)10-11-20/h6-9,15H,10-12H2,1-5H3,(H,22,24,25)/t15-/m1/s1. The lowest BCUT2D eigenvalue weighted by molar-refractivity contribution is -0.135. The highest BCUT2D eigenvalue weighted by Gasteiger charge is 2.46. The molecule has 1 aromatic rings. The van der Waals surface area contributed by atoms with Crippen LogP contribution in [-0.4, -0.2) is 41.5 Å². The monoisotopic (exact) mass is 394 g/mol. The molecule has 1 aromatic carbocycles. The number of halogens is 1. The van der Waals surface area contributed by atoms with E-state index in [1.165, 1.54) is 11.9 Å². The van der Waals surface area contributed by atoms with Crippen molar-refractivity contribution in [1.82, 2.24) is 10.2 Å². The average molecular weight is 395 g/mol. The van der Waals surface area contributed by atoms with E-state index in [0.717, 1.165) is 18.4 Å². The molecule has 148 valence electrons. The Morgan fingerprint density at radius 3 is 2.26 bits per heavy atom. The number of ether oxygens (including phenoxy) is 1. The Hall–Kier alpha value is -2.08. The van der Waals surface area contributed by atoms with Gasteiger partial charge in [-0.3, -0.25) is 19.8 Å². The van der Waals surface area contributed by atoms with E-state index in [1.54, 1.807) is 45.0 Å². The van der Waals surface area contributed by atoms with E-state index in [9.17, 15) is 14.4 Å². The number of nitrogens with zero attached hydrogens (tertiary/aromatic N) is 1. The largest absolute Gasteiger partial charge is 0.444 e. The van der Waals surface area contributed by atoms with Gasteiger partial charge < -0.3 is 4.74 Å². The van der Waals surface area contributed by atoms with Crippen molar-refractivity contribution in [3.05, 3.63) is 34.9 Å². The number of amides is 3. The fourth-order valence-corrected chi connectivity index (χ4v) is 2.60. The molecule has 3 amide bonds. The molecule has 0 unspecified atom stereocenters. The summed E-state index contributed by atoms with van der Waals surface area (Å²) >= 11 is 5.91. The maximum absolute atomic E-state index is 12.8. The second-order valence-corrected chi connectivity index (χ2v) is 8.75. The summed E-state index contributed by atoms with van der Waals surface area (Å²) in [5.41, 5.74) is -0.352. The fraction of sp³-hybridized carbons (Fsp3) is 0.550. The second kappa shape index (κ2) is 7.89. The van der Waals surface area contributed by atoms with Crippen molar-refractivity contribution in [2.75, 3.05) is 7.05 Å². The van der Waals surface area contributed by atoms with Crippen LogP contribution in [0.3, 0.4) is 0 Å². The zero-order chi connectivity index (χ0) is 20.4. The summed E-state index contributed by atoms with van der Waals surface area (Å²) < 4.78 is 5.37. The smallest absolute Gasteiger partial charge is 0.410 e. The average Bonchev–Trinajstić information content (AvgIpc) is 3.31. The van der Waals surface area contributed by atoms with Crippen LogP contribution in [0.4, 0.5) is 4.79 Å². The first kappa shape index (κ1) is 21.2. The number of likely N-dealkylation sites (N-methyl/N-ethyl adjacent to an activating group) is 1. The molecule has 27 heavy (non-hydrogen) atoms. The van der Waals surface area contributed by atoms with Crippen molar-refractivity contribution in [3.8, 4) is 0 Å². The molecule has 1 saturated carbocycles. The van der Waals surface area contributed by atoms with Crippen LogP contribution in [-0.2, 0) is 20.7 Å². The quantitative estimate of drug-likeness (QED) is 0.828. The summed E-state index contributed by atoms with van der Waals surface area (Å²) in [4.78, 5) is 38.8. The van der Waals surface area contributed by atoms with E-state index in [1.807, 2.05) is 6.92 Å². The Labute approximate surface area is 165 Å². The number of imide groups is 1. The van der Waals surface area contributed by atoms with Crippen LogP contribution >= 0.6 is 11.6 Å². The highest BCUT2D eigenvalue weighted by molar-refractivity contribution is 6.30. The summed E-state index contributed by atoms with van der Waals surface area (Å²) in [5, 5.41) is 3.04. The van der Waals surface area contributed by atoms with Crippen molar-refractivity contribution < 1.29 is 19.1 Å². The molecule has 0 aliphatic heterocycles. The lowest BCUT2D eigenvalue weighted by Crippen LogP contribution is -2.52. The van der Waals surface area contributed by atoms with Gasteiger partial charge in [-0.2, -0.15) is 0 Å². The highest BCUT2D eigenvalue weighted by Crippen LogP contribution is 2.45. The molecule has 1 fully saturated rings. The third kappa shape index (κ3) is 5.96. The van der Waals surface area contributed by atoms with Gasteiger partial charge in [0.25, 0.3) is 0 Å². The van der Waals surface area contributed by atoms with Gasteiger partial charge in [-0.05, 0) is 51.3 Å². The second-order valence-electron chi connectivity index (χ2n) is 8.32. The van der Waals surface area contributed by atoms with E-state index in [0.29, 0.717) is 5.02 Å². The summed E-state index contributed by atoms with van der Waals surface area (Å²) in [6.07, 6.45) is 1.13.